The largest absolute Gasteiger partial charge is 0.298 e. The molecule has 3 rings (SSSR count). The van der Waals surface area contributed by atoms with Crippen LogP contribution in [0, 0.1) is 0 Å². The molecule has 23 heavy (non-hydrogen) atoms. The van der Waals surface area contributed by atoms with Crippen LogP contribution in [0.25, 0.3) is 0 Å². The average molecular weight is 372 g/mol. The molecule has 2 aromatic rings. The van der Waals surface area contributed by atoms with Crippen LogP contribution in [0.5, 0.6) is 0 Å². The van der Waals surface area contributed by atoms with Gasteiger partial charge in [0.05, 0.1) is 17.8 Å². The second-order valence-electron chi connectivity index (χ2n) is 5.23. The minimum Gasteiger partial charge on any atom is -0.298 e. The molecule has 0 radical (unpaired) electrons. The molecule has 7 nitrogen and oxygen atoms in total. The number of carbonyl (C=O) groups excluding carboxylic acids is 1. The number of fused-ring (bicyclic) bond motifs is 1. The Morgan fingerprint density at radius 1 is 1.43 bits per heavy atom. The van der Waals surface area contributed by atoms with Crippen molar-refractivity contribution in [3.8, 4) is 0 Å². The van der Waals surface area contributed by atoms with E-state index >= 15 is 0 Å². The number of nitrogens with one attached hydrogen (secondary N) is 1. The summed E-state index contributed by atoms with van der Waals surface area (Å²) in [5, 5.41) is 6.90. The van der Waals surface area contributed by atoms with Crippen molar-refractivity contribution >= 4 is 43.9 Å². The lowest BCUT2D eigenvalue weighted by molar-refractivity contribution is 0.102. The Morgan fingerprint density at radius 3 is 2.87 bits per heavy atom. The zero-order chi connectivity index (χ0) is 16.6. The van der Waals surface area contributed by atoms with Crippen LogP contribution in [0.4, 0.5) is 5.13 Å². The number of aromatic nitrogens is 1. The van der Waals surface area contributed by atoms with E-state index in [1.54, 1.807) is 11.4 Å². The Bertz CT molecular complexity index is 812. The summed E-state index contributed by atoms with van der Waals surface area (Å²) in [5.74, 6) is -0.199. The highest BCUT2D eigenvalue weighted by Gasteiger charge is 2.30. The van der Waals surface area contributed by atoms with Crippen molar-refractivity contribution < 1.29 is 13.2 Å². The highest BCUT2D eigenvalue weighted by molar-refractivity contribution is 7.86. The number of hydrogen-bond acceptors (Lipinski definition) is 6. The van der Waals surface area contributed by atoms with Crippen LogP contribution in [-0.4, -0.2) is 48.6 Å². The Kier molecular flexibility index (Phi) is 4.52. The van der Waals surface area contributed by atoms with Crippen molar-refractivity contribution in [1.82, 2.24) is 13.6 Å². The molecule has 0 saturated heterocycles. The predicted octanol–water partition coefficient (Wildman–Crippen LogP) is 1.62. The highest BCUT2D eigenvalue weighted by atomic mass is 32.2. The quantitative estimate of drug-likeness (QED) is 0.884. The van der Waals surface area contributed by atoms with E-state index in [-0.39, 0.29) is 5.91 Å². The van der Waals surface area contributed by atoms with E-state index in [0.29, 0.717) is 30.2 Å². The number of carbonyl (C=O) groups is 1. The van der Waals surface area contributed by atoms with Crippen LogP contribution in [-0.2, 0) is 23.2 Å². The molecule has 0 atom stereocenters. The maximum atomic E-state index is 12.2. The molecule has 0 aliphatic carbocycles. The fraction of sp³-hybridized carbons (Fsp3) is 0.385. The lowest BCUT2D eigenvalue weighted by atomic mass is 10.2. The van der Waals surface area contributed by atoms with Crippen molar-refractivity contribution in [2.45, 2.75) is 13.0 Å². The van der Waals surface area contributed by atoms with Crippen molar-refractivity contribution in [1.29, 1.82) is 0 Å². The number of rotatable bonds is 4. The van der Waals surface area contributed by atoms with Gasteiger partial charge in [0.15, 0.2) is 5.13 Å². The normalized spacial score (nSPS) is 15.6. The highest BCUT2D eigenvalue weighted by Crippen LogP contribution is 2.30. The molecule has 1 N–H and O–H groups in total. The van der Waals surface area contributed by atoms with Gasteiger partial charge in [-0.1, -0.05) is 0 Å². The summed E-state index contributed by atoms with van der Waals surface area (Å²) in [6.45, 7) is 0.691. The van der Waals surface area contributed by atoms with E-state index in [1.807, 2.05) is 5.38 Å². The van der Waals surface area contributed by atoms with Gasteiger partial charge in [-0.3, -0.25) is 10.1 Å². The maximum Gasteiger partial charge on any atom is 0.281 e. The molecule has 124 valence electrons. The molecule has 1 aliphatic rings. The molecule has 1 aliphatic heterocycles. The fourth-order valence-electron chi connectivity index (χ4n) is 2.22. The molecule has 10 heteroatoms. The van der Waals surface area contributed by atoms with Gasteiger partial charge in [-0.2, -0.15) is 28.4 Å². The maximum absolute atomic E-state index is 12.2. The minimum atomic E-state index is -3.43. The van der Waals surface area contributed by atoms with Crippen LogP contribution < -0.4 is 5.32 Å². The van der Waals surface area contributed by atoms with Gasteiger partial charge >= 0.3 is 0 Å². The molecule has 0 spiro atoms. The summed E-state index contributed by atoms with van der Waals surface area (Å²) in [7, 11) is -0.397. The third-order valence-corrected chi connectivity index (χ3v) is 7.06. The van der Waals surface area contributed by atoms with Gasteiger partial charge < -0.3 is 0 Å². The molecule has 2 aromatic heterocycles. The van der Waals surface area contributed by atoms with Gasteiger partial charge in [0.25, 0.3) is 16.1 Å². The van der Waals surface area contributed by atoms with E-state index in [1.165, 1.54) is 45.4 Å². The fourth-order valence-corrected chi connectivity index (χ4v) is 5.03. The molecule has 0 saturated carbocycles. The topological polar surface area (TPSA) is 82.6 Å². The second kappa shape index (κ2) is 6.29. The Hall–Kier alpha value is -1.33. The summed E-state index contributed by atoms with van der Waals surface area (Å²) in [5.41, 5.74) is 1.46. The summed E-state index contributed by atoms with van der Waals surface area (Å²) in [6, 6.07) is 1.75. The number of thiophene rings is 1. The van der Waals surface area contributed by atoms with E-state index in [2.05, 4.69) is 10.3 Å². The molecular formula is C13H16N4O3S3. The molecule has 3 heterocycles. The molecule has 0 bridgehead atoms. The minimum absolute atomic E-state index is 0.199. The van der Waals surface area contributed by atoms with Gasteiger partial charge in [0, 0.05) is 37.3 Å². The van der Waals surface area contributed by atoms with E-state index in [9.17, 15) is 13.2 Å². The molecule has 0 unspecified atom stereocenters. The monoisotopic (exact) mass is 372 g/mol. The van der Waals surface area contributed by atoms with Crippen LogP contribution in [0.2, 0.25) is 0 Å². The summed E-state index contributed by atoms with van der Waals surface area (Å²) < 4.78 is 27.0. The number of amides is 1. The van der Waals surface area contributed by atoms with Crippen LogP contribution in [0.1, 0.15) is 20.9 Å². The van der Waals surface area contributed by atoms with Crippen LogP contribution in [0.3, 0.4) is 0 Å². The molecular weight excluding hydrogens is 356 g/mol. The van der Waals surface area contributed by atoms with Crippen molar-refractivity contribution in [2.75, 3.05) is 26.0 Å². The first kappa shape index (κ1) is 16.5. The van der Waals surface area contributed by atoms with Crippen molar-refractivity contribution in [3.63, 3.8) is 0 Å². The van der Waals surface area contributed by atoms with Gasteiger partial charge in [-0.25, -0.2) is 4.98 Å². The molecule has 0 aromatic carbocycles. The van der Waals surface area contributed by atoms with Crippen molar-refractivity contribution in [2.24, 2.45) is 0 Å². The predicted molar refractivity (Wildman–Crippen MR) is 91.1 cm³/mol. The number of hydrogen-bond donors (Lipinski definition) is 1. The smallest absolute Gasteiger partial charge is 0.281 e. The number of anilines is 1. The molecule has 0 fully saturated rings. The van der Waals surface area contributed by atoms with E-state index in [4.69, 9.17) is 0 Å². The molecule has 1 amide bonds. The third-order valence-electron chi connectivity index (χ3n) is 3.49. The van der Waals surface area contributed by atoms with E-state index in [0.717, 1.165) is 10.6 Å². The lowest BCUT2D eigenvalue weighted by Gasteiger charge is -2.27. The summed E-state index contributed by atoms with van der Waals surface area (Å²) in [4.78, 5) is 17.3. The average Bonchev–Trinajstić information content (AvgIpc) is 3.15. The standard InChI is InChI=1S/C13H16N4O3S3/c1-16(2)23(19,20)17-5-3-10-11(7-17)22-13(14-10)15-12(18)9-4-6-21-8-9/h4,6,8H,3,5,7H2,1-2H3,(H,14,15,18). The second-order valence-corrected chi connectivity index (χ2v) is 9.23. The SMILES string of the molecule is CN(C)S(=O)(=O)N1CCc2nc(NC(=O)c3ccsc3)sc2C1. The van der Waals surface area contributed by atoms with Gasteiger partial charge in [-0.05, 0) is 11.4 Å². The third kappa shape index (κ3) is 3.31. The first-order chi connectivity index (χ1) is 10.9. The number of thiazole rings is 1. The zero-order valence-electron chi connectivity index (χ0n) is 12.6. The Labute approximate surface area is 142 Å². The van der Waals surface area contributed by atoms with Crippen molar-refractivity contribution in [3.05, 3.63) is 33.0 Å². The van der Waals surface area contributed by atoms with Gasteiger partial charge in [-0.15, -0.1) is 11.3 Å². The Morgan fingerprint density at radius 2 is 2.22 bits per heavy atom. The summed E-state index contributed by atoms with van der Waals surface area (Å²) in [6.07, 6.45) is 0.549. The van der Waals surface area contributed by atoms with Crippen LogP contribution >= 0.6 is 22.7 Å². The zero-order valence-corrected chi connectivity index (χ0v) is 15.1. The lowest BCUT2D eigenvalue weighted by Crippen LogP contribution is -2.42. The van der Waals surface area contributed by atoms with Gasteiger partial charge in [0.1, 0.15) is 0 Å². The van der Waals surface area contributed by atoms with Gasteiger partial charge in [0.2, 0.25) is 0 Å². The first-order valence-electron chi connectivity index (χ1n) is 6.87. The van der Waals surface area contributed by atoms with E-state index < -0.39 is 10.2 Å². The number of nitrogens with zero attached hydrogens (tertiary/aromatic N) is 3. The Balaban J connectivity index is 1.75. The van der Waals surface area contributed by atoms with Crippen LogP contribution in [0.15, 0.2) is 16.8 Å². The first-order valence-corrected chi connectivity index (χ1v) is 10.0. The summed E-state index contributed by atoms with van der Waals surface area (Å²) >= 11 is 2.78.